The Labute approximate surface area is 147 Å². The fourth-order valence-corrected chi connectivity index (χ4v) is 2.67. The third-order valence-electron chi connectivity index (χ3n) is 4.04. The van der Waals surface area contributed by atoms with Crippen LogP contribution >= 0.6 is 0 Å². The van der Waals surface area contributed by atoms with Crippen LogP contribution in [0.1, 0.15) is 38.7 Å². The molecule has 25 heavy (non-hydrogen) atoms. The molecule has 1 saturated carbocycles. The number of anilines is 1. The van der Waals surface area contributed by atoms with Crippen molar-refractivity contribution in [3.63, 3.8) is 0 Å². The van der Waals surface area contributed by atoms with Crippen LogP contribution in [0.2, 0.25) is 0 Å². The van der Waals surface area contributed by atoms with Crippen LogP contribution in [0.15, 0.2) is 30.6 Å². The Morgan fingerprint density at radius 2 is 2.16 bits per heavy atom. The van der Waals surface area contributed by atoms with E-state index in [0.717, 1.165) is 16.8 Å². The number of aromatic nitrogens is 3. The molecule has 0 aliphatic heterocycles. The largest absolute Gasteiger partial charge is 0.460 e. The van der Waals surface area contributed by atoms with Crippen molar-refractivity contribution in [3.05, 3.63) is 36.2 Å². The highest BCUT2D eigenvalue weighted by Gasteiger charge is 2.17. The summed E-state index contributed by atoms with van der Waals surface area (Å²) < 4.78 is 6.56. The molecule has 6 nitrogen and oxygen atoms in total. The van der Waals surface area contributed by atoms with Crippen LogP contribution in [0.5, 0.6) is 0 Å². The lowest BCUT2D eigenvalue weighted by atomic mass is 9.93. The summed E-state index contributed by atoms with van der Waals surface area (Å²) in [4.78, 5) is 15.9. The molecule has 0 atom stereocenters. The van der Waals surface area contributed by atoms with Gasteiger partial charge in [-0.05, 0) is 63.8 Å². The number of carbonyl (C=O) groups is 1. The molecular weight excluding hydrogens is 316 g/mol. The van der Waals surface area contributed by atoms with Gasteiger partial charge in [-0.3, -0.25) is 0 Å². The van der Waals surface area contributed by atoms with Crippen LogP contribution in [0, 0.1) is 6.92 Å². The fourth-order valence-electron chi connectivity index (χ4n) is 2.67. The van der Waals surface area contributed by atoms with E-state index in [2.05, 4.69) is 40.5 Å². The molecule has 2 aromatic rings. The van der Waals surface area contributed by atoms with Crippen molar-refractivity contribution in [2.24, 2.45) is 0 Å². The molecule has 1 aromatic carbocycles. The second kappa shape index (κ2) is 7.51. The van der Waals surface area contributed by atoms with Gasteiger partial charge in [0, 0.05) is 29.6 Å². The Hall–Kier alpha value is -2.63. The van der Waals surface area contributed by atoms with Crippen molar-refractivity contribution in [3.8, 4) is 11.4 Å². The van der Waals surface area contributed by atoms with Crippen LogP contribution in [0.25, 0.3) is 17.6 Å². The standard InChI is InChI=1S/C19H24N4O2/c1-13(2)25-18(24)7-8-23-12-20-19(22-23)15-9-14(3)10-17(11-15)21-16-5-4-6-16/h7-13,16,21H,4-6H2,1-3H3/b8-7-. The molecule has 0 spiro atoms. The first kappa shape index (κ1) is 17.2. The first-order valence-electron chi connectivity index (χ1n) is 8.68. The molecule has 6 heteroatoms. The van der Waals surface area contributed by atoms with E-state index in [-0.39, 0.29) is 6.10 Å². The summed E-state index contributed by atoms with van der Waals surface area (Å²) in [5.74, 6) is 0.233. The van der Waals surface area contributed by atoms with Crippen molar-refractivity contribution in [1.29, 1.82) is 0 Å². The van der Waals surface area contributed by atoms with Crippen molar-refractivity contribution in [2.45, 2.75) is 52.2 Å². The zero-order chi connectivity index (χ0) is 17.8. The number of aryl methyl sites for hydroxylation is 1. The third kappa shape index (κ3) is 4.68. The normalized spacial score (nSPS) is 14.7. The van der Waals surface area contributed by atoms with Gasteiger partial charge in [0.1, 0.15) is 6.33 Å². The number of nitrogens with zero attached hydrogens (tertiary/aromatic N) is 3. The summed E-state index contributed by atoms with van der Waals surface area (Å²) in [7, 11) is 0. The van der Waals surface area contributed by atoms with Gasteiger partial charge in [0.25, 0.3) is 0 Å². The summed E-state index contributed by atoms with van der Waals surface area (Å²) in [6, 6.07) is 6.85. The van der Waals surface area contributed by atoms with E-state index in [9.17, 15) is 4.79 Å². The second-order valence-corrected chi connectivity index (χ2v) is 6.71. The third-order valence-corrected chi connectivity index (χ3v) is 4.04. The average molecular weight is 340 g/mol. The molecule has 0 unspecified atom stereocenters. The van der Waals surface area contributed by atoms with Gasteiger partial charge in [-0.15, -0.1) is 5.10 Å². The maximum atomic E-state index is 11.6. The molecule has 1 N–H and O–H groups in total. The van der Waals surface area contributed by atoms with Gasteiger partial charge < -0.3 is 10.1 Å². The van der Waals surface area contributed by atoms with Gasteiger partial charge in [0.15, 0.2) is 5.82 Å². The number of hydrogen-bond acceptors (Lipinski definition) is 5. The van der Waals surface area contributed by atoms with E-state index in [0.29, 0.717) is 11.9 Å². The maximum absolute atomic E-state index is 11.6. The highest BCUT2D eigenvalue weighted by atomic mass is 16.5. The number of rotatable bonds is 6. The van der Waals surface area contributed by atoms with Crippen LogP contribution in [-0.2, 0) is 9.53 Å². The number of ether oxygens (including phenoxy) is 1. The van der Waals surface area contributed by atoms with E-state index >= 15 is 0 Å². The average Bonchev–Trinajstić information content (AvgIpc) is 2.97. The molecule has 0 saturated heterocycles. The highest BCUT2D eigenvalue weighted by molar-refractivity contribution is 5.85. The quantitative estimate of drug-likeness (QED) is 0.642. The summed E-state index contributed by atoms with van der Waals surface area (Å²) in [6.07, 6.45) is 8.09. The molecule has 1 aliphatic rings. The second-order valence-electron chi connectivity index (χ2n) is 6.71. The van der Waals surface area contributed by atoms with E-state index < -0.39 is 5.97 Å². The Morgan fingerprint density at radius 3 is 2.84 bits per heavy atom. The van der Waals surface area contributed by atoms with Gasteiger partial charge in [-0.25, -0.2) is 14.5 Å². The zero-order valence-corrected chi connectivity index (χ0v) is 14.9. The SMILES string of the molecule is Cc1cc(NC2CCC2)cc(-c2ncn(/C=C\C(=O)OC(C)C)n2)c1. The monoisotopic (exact) mass is 340 g/mol. The van der Waals surface area contributed by atoms with E-state index in [1.165, 1.54) is 30.0 Å². The topological polar surface area (TPSA) is 69.0 Å². The number of nitrogens with one attached hydrogen (secondary N) is 1. The lowest BCUT2D eigenvalue weighted by molar-refractivity contribution is -0.141. The highest BCUT2D eigenvalue weighted by Crippen LogP contribution is 2.27. The molecule has 1 fully saturated rings. The summed E-state index contributed by atoms with van der Waals surface area (Å²) in [5.41, 5.74) is 3.22. The predicted octanol–water partition coefficient (Wildman–Crippen LogP) is 3.64. The van der Waals surface area contributed by atoms with E-state index in [1.54, 1.807) is 12.5 Å². The molecule has 1 heterocycles. The van der Waals surface area contributed by atoms with Crippen LogP contribution in [0.3, 0.4) is 0 Å². The van der Waals surface area contributed by atoms with Crippen LogP contribution < -0.4 is 5.32 Å². The molecule has 0 bridgehead atoms. The van der Waals surface area contributed by atoms with Crippen molar-refractivity contribution < 1.29 is 9.53 Å². The van der Waals surface area contributed by atoms with Gasteiger partial charge in [0.2, 0.25) is 0 Å². The molecule has 0 amide bonds. The van der Waals surface area contributed by atoms with Gasteiger partial charge in [0.05, 0.1) is 6.10 Å². The van der Waals surface area contributed by atoms with E-state index in [1.807, 2.05) is 13.8 Å². The Morgan fingerprint density at radius 1 is 1.36 bits per heavy atom. The van der Waals surface area contributed by atoms with Crippen LogP contribution in [0.4, 0.5) is 5.69 Å². The predicted molar refractivity (Wildman–Crippen MR) is 98.0 cm³/mol. The minimum atomic E-state index is -0.394. The van der Waals surface area contributed by atoms with Crippen molar-refractivity contribution >= 4 is 17.9 Å². The summed E-state index contributed by atoms with van der Waals surface area (Å²) in [6.45, 7) is 5.69. The maximum Gasteiger partial charge on any atom is 0.332 e. The molecule has 132 valence electrons. The number of hydrogen-bond donors (Lipinski definition) is 1. The number of carbonyl (C=O) groups excluding carboxylic acids is 1. The van der Waals surface area contributed by atoms with Crippen LogP contribution in [-0.4, -0.2) is 32.9 Å². The molecular formula is C19H24N4O2. The van der Waals surface area contributed by atoms with Gasteiger partial charge in [-0.2, -0.15) is 0 Å². The Kier molecular flexibility index (Phi) is 5.16. The van der Waals surface area contributed by atoms with Crippen molar-refractivity contribution in [1.82, 2.24) is 14.8 Å². The molecule has 3 rings (SSSR count). The Bertz CT molecular complexity index is 775. The van der Waals surface area contributed by atoms with Crippen molar-refractivity contribution in [2.75, 3.05) is 5.32 Å². The van der Waals surface area contributed by atoms with Gasteiger partial charge >= 0.3 is 5.97 Å². The fraction of sp³-hybridized carbons (Fsp3) is 0.421. The zero-order valence-electron chi connectivity index (χ0n) is 14.9. The lowest BCUT2D eigenvalue weighted by Crippen LogP contribution is -2.26. The number of esters is 1. The summed E-state index contributed by atoms with van der Waals surface area (Å²) >= 11 is 0. The molecule has 0 radical (unpaired) electrons. The summed E-state index contributed by atoms with van der Waals surface area (Å²) in [5, 5.41) is 7.97. The molecule has 1 aromatic heterocycles. The van der Waals surface area contributed by atoms with E-state index in [4.69, 9.17) is 4.74 Å². The smallest absolute Gasteiger partial charge is 0.332 e. The first-order valence-corrected chi connectivity index (χ1v) is 8.68. The first-order chi connectivity index (χ1) is 12.0. The molecule has 1 aliphatic carbocycles. The van der Waals surface area contributed by atoms with Gasteiger partial charge in [-0.1, -0.05) is 0 Å². The lowest BCUT2D eigenvalue weighted by Gasteiger charge is -2.27. The minimum Gasteiger partial charge on any atom is -0.460 e. The minimum absolute atomic E-state index is 0.141. The Balaban J connectivity index is 1.73. The number of benzene rings is 1.